The molecular formula is C21H27N3O3S2. The second-order valence-corrected chi connectivity index (χ2v) is 10.9. The fourth-order valence-electron chi connectivity index (χ4n) is 3.99. The van der Waals surface area contributed by atoms with Crippen LogP contribution in [0.1, 0.15) is 55.3 Å². The molecule has 1 fully saturated rings. The van der Waals surface area contributed by atoms with Gasteiger partial charge in [-0.1, -0.05) is 13.8 Å². The van der Waals surface area contributed by atoms with Gasteiger partial charge in [0.1, 0.15) is 0 Å². The van der Waals surface area contributed by atoms with Gasteiger partial charge in [-0.15, -0.1) is 11.3 Å². The van der Waals surface area contributed by atoms with Crippen LogP contribution >= 0.6 is 11.3 Å². The van der Waals surface area contributed by atoms with Crippen LogP contribution < -0.4 is 4.90 Å². The van der Waals surface area contributed by atoms with Crippen LogP contribution in [0.5, 0.6) is 0 Å². The standard InChI is InChI=1S/C21H27N3O3S2/c1-15(2)21-22-17(14-28-21)13-20(25)24-11-5-6-16-12-18(7-8-19(16)24)29(26,27)23-9-3-4-10-23/h7-8,12,14-15H,3-6,9-11,13H2,1-2H3. The summed E-state index contributed by atoms with van der Waals surface area (Å²) in [6.45, 7) is 6.04. The predicted molar refractivity (Wildman–Crippen MR) is 115 cm³/mol. The summed E-state index contributed by atoms with van der Waals surface area (Å²) in [5.74, 6) is 0.372. The Hall–Kier alpha value is -1.77. The number of fused-ring (bicyclic) bond motifs is 1. The molecule has 0 spiro atoms. The van der Waals surface area contributed by atoms with Crippen LogP contribution in [0.3, 0.4) is 0 Å². The Balaban J connectivity index is 1.55. The number of benzene rings is 1. The molecule has 156 valence electrons. The van der Waals surface area contributed by atoms with Gasteiger partial charge in [-0.05, 0) is 49.4 Å². The zero-order valence-corrected chi connectivity index (χ0v) is 18.6. The van der Waals surface area contributed by atoms with Crippen molar-refractivity contribution in [2.45, 2.75) is 56.8 Å². The molecule has 2 aromatic rings. The molecule has 3 heterocycles. The zero-order chi connectivity index (χ0) is 20.6. The van der Waals surface area contributed by atoms with E-state index in [1.54, 1.807) is 38.7 Å². The number of hydrogen-bond acceptors (Lipinski definition) is 5. The van der Waals surface area contributed by atoms with Crippen LogP contribution in [0, 0.1) is 0 Å². The summed E-state index contributed by atoms with van der Waals surface area (Å²) in [4.78, 5) is 19.7. The number of aromatic nitrogens is 1. The molecule has 4 rings (SSSR count). The fraction of sp³-hybridized carbons (Fsp3) is 0.524. The van der Waals surface area contributed by atoms with E-state index in [9.17, 15) is 13.2 Å². The molecule has 1 aromatic carbocycles. The maximum Gasteiger partial charge on any atom is 0.243 e. The molecule has 0 N–H and O–H groups in total. The molecule has 2 aliphatic rings. The number of hydrogen-bond donors (Lipinski definition) is 0. The number of sulfonamides is 1. The van der Waals surface area contributed by atoms with Crippen molar-refractivity contribution in [2.75, 3.05) is 24.5 Å². The average Bonchev–Trinajstić information content (AvgIpc) is 3.39. The number of anilines is 1. The molecule has 0 atom stereocenters. The summed E-state index contributed by atoms with van der Waals surface area (Å²) in [7, 11) is -3.44. The lowest BCUT2D eigenvalue weighted by Crippen LogP contribution is -2.37. The van der Waals surface area contributed by atoms with E-state index in [-0.39, 0.29) is 12.3 Å². The third-order valence-electron chi connectivity index (χ3n) is 5.57. The van der Waals surface area contributed by atoms with Crippen molar-refractivity contribution >= 4 is 33.0 Å². The van der Waals surface area contributed by atoms with Crippen molar-refractivity contribution < 1.29 is 13.2 Å². The van der Waals surface area contributed by atoms with E-state index in [0.717, 1.165) is 47.6 Å². The number of nitrogens with zero attached hydrogens (tertiary/aromatic N) is 3. The van der Waals surface area contributed by atoms with Crippen LogP contribution in [0.4, 0.5) is 5.69 Å². The lowest BCUT2D eigenvalue weighted by Gasteiger charge is -2.30. The molecule has 0 saturated carbocycles. The molecule has 0 bridgehead atoms. The van der Waals surface area contributed by atoms with Crippen molar-refractivity contribution in [3.8, 4) is 0 Å². The smallest absolute Gasteiger partial charge is 0.243 e. The van der Waals surface area contributed by atoms with Crippen molar-refractivity contribution in [2.24, 2.45) is 0 Å². The van der Waals surface area contributed by atoms with Gasteiger partial charge in [-0.3, -0.25) is 4.79 Å². The summed E-state index contributed by atoms with van der Waals surface area (Å²) in [5.41, 5.74) is 2.58. The lowest BCUT2D eigenvalue weighted by atomic mass is 10.0. The van der Waals surface area contributed by atoms with E-state index < -0.39 is 10.0 Å². The van der Waals surface area contributed by atoms with Crippen LogP contribution in [0.25, 0.3) is 0 Å². The lowest BCUT2D eigenvalue weighted by molar-refractivity contribution is -0.118. The molecule has 0 unspecified atom stereocenters. The van der Waals surface area contributed by atoms with E-state index >= 15 is 0 Å². The minimum Gasteiger partial charge on any atom is -0.312 e. The van der Waals surface area contributed by atoms with Crippen molar-refractivity contribution in [3.63, 3.8) is 0 Å². The molecule has 6 nitrogen and oxygen atoms in total. The highest BCUT2D eigenvalue weighted by Crippen LogP contribution is 2.32. The molecular weight excluding hydrogens is 406 g/mol. The van der Waals surface area contributed by atoms with Gasteiger partial charge in [0.25, 0.3) is 0 Å². The first kappa shape index (κ1) is 20.5. The van der Waals surface area contributed by atoms with Gasteiger partial charge in [0.2, 0.25) is 15.9 Å². The quantitative estimate of drug-likeness (QED) is 0.723. The number of carbonyl (C=O) groups is 1. The van der Waals surface area contributed by atoms with Gasteiger partial charge >= 0.3 is 0 Å². The maximum absolute atomic E-state index is 13.0. The van der Waals surface area contributed by atoms with E-state index in [1.807, 2.05) is 5.38 Å². The fourth-order valence-corrected chi connectivity index (χ4v) is 6.39. The Morgan fingerprint density at radius 2 is 1.93 bits per heavy atom. The Labute approximate surface area is 176 Å². The Morgan fingerprint density at radius 3 is 2.62 bits per heavy atom. The van der Waals surface area contributed by atoms with Gasteiger partial charge in [-0.2, -0.15) is 4.31 Å². The van der Waals surface area contributed by atoms with Crippen LogP contribution in [-0.2, 0) is 27.7 Å². The van der Waals surface area contributed by atoms with Crippen LogP contribution in [0.2, 0.25) is 0 Å². The second-order valence-electron chi connectivity index (χ2n) is 8.06. The van der Waals surface area contributed by atoms with E-state index in [2.05, 4.69) is 18.8 Å². The molecule has 0 radical (unpaired) electrons. The number of thiazole rings is 1. The second kappa shape index (κ2) is 8.16. The third-order valence-corrected chi connectivity index (χ3v) is 8.66. The molecule has 1 saturated heterocycles. The van der Waals surface area contributed by atoms with E-state index in [4.69, 9.17) is 0 Å². The minimum absolute atomic E-state index is 0.0155. The molecule has 0 aliphatic carbocycles. The number of amides is 1. The highest BCUT2D eigenvalue weighted by atomic mass is 32.2. The zero-order valence-electron chi connectivity index (χ0n) is 16.9. The normalized spacial score (nSPS) is 17.7. The SMILES string of the molecule is CC(C)c1nc(CC(=O)N2CCCc3cc(S(=O)(=O)N4CCCC4)ccc32)cs1. The number of carbonyl (C=O) groups excluding carboxylic acids is 1. The predicted octanol–water partition coefficient (Wildman–Crippen LogP) is 3.57. The Morgan fingerprint density at radius 1 is 1.17 bits per heavy atom. The molecule has 1 amide bonds. The summed E-state index contributed by atoms with van der Waals surface area (Å²) in [5, 5.41) is 3.01. The summed E-state index contributed by atoms with van der Waals surface area (Å²) in [6, 6.07) is 5.22. The molecule has 8 heteroatoms. The van der Waals surface area contributed by atoms with Crippen LogP contribution in [-0.4, -0.2) is 43.2 Å². The van der Waals surface area contributed by atoms with Gasteiger partial charge in [0.15, 0.2) is 0 Å². The Kier molecular flexibility index (Phi) is 5.77. The van der Waals surface area contributed by atoms with E-state index in [0.29, 0.717) is 30.4 Å². The first-order valence-electron chi connectivity index (χ1n) is 10.2. The maximum atomic E-state index is 13.0. The summed E-state index contributed by atoms with van der Waals surface area (Å²) >= 11 is 1.60. The summed E-state index contributed by atoms with van der Waals surface area (Å²) in [6.07, 6.45) is 3.73. The Bertz CT molecular complexity index is 1010. The van der Waals surface area contributed by atoms with Crippen molar-refractivity contribution in [3.05, 3.63) is 39.8 Å². The van der Waals surface area contributed by atoms with E-state index in [1.165, 1.54) is 0 Å². The first-order valence-corrected chi connectivity index (χ1v) is 12.6. The van der Waals surface area contributed by atoms with Crippen molar-refractivity contribution in [1.82, 2.24) is 9.29 Å². The number of rotatable bonds is 5. The molecule has 2 aliphatic heterocycles. The minimum atomic E-state index is -3.44. The highest BCUT2D eigenvalue weighted by Gasteiger charge is 2.30. The average molecular weight is 434 g/mol. The third kappa shape index (κ3) is 4.11. The van der Waals surface area contributed by atoms with Crippen molar-refractivity contribution in [1.29, 1.82) is 0 Å². The monoisotopic (exact) mass is 433 g/mol. The number of aryl methyl sites for hydroxylation is 1. The van der Waals surface area contributed by atoms with Gasteiger partial charge in [-0.25, -0.2) is 13.4 Å². The highest BCUT2D eigenvalue weighted by molar-refractivity contribution is 7.89. The van der Waals surface area contributed by atoms with Gasteiger partial charge in [0.05, 0.1) is 22.0 Å². The van der Waals surface area contributed by atoms with Crippen LogP contribution in [0.15, 0.2) is 28.5 Å². The molecule has 29 heavy (non-hydrogen) atoms. The topological polar surface area (TPSA) is 70.6 Å². The first-order chi connectivity index (χ1) is 13.9. The summed E-state index contributed by atoms with van der Waals surface area (Å²) < 4.78 is 27.3. The largest absolute Gasteiger partial charge is 0.312 e. The van der Waals surface area contributed by atoms with Gasteiger partial charge < -0.3 is 4.90 Å². The van der Waals surface area contributed by atoms with Gasteiger partial charge in [0, 0.05) is 36.6 Å². The molecule has 1 aromatic heterocycles.